The molecule has 1 aliphatic rings. The number of rotatable bonds is 3. The van der Waals surface area contributed by atoms with Gasteiger partial charge in [0.15, 0.2) is 0 Å². The average Bonchev–Trinajstić information content (AvgIpc) is 2.20. The van der Waals surface area contributed by atoms with Crippen LogP contribution < -0.4 is 0 Å². The highest BCUT2D eigenvalue weighted by Crippen LogP contribution is 2.31. The summed E-state index contributed by atoms with van der Waals surface area (Å²) in [5, 5.41) is 0. The van der Waals surface area contributed by atoms with Gasteiger partial charge in [-0.2, -0.15) is 12.6 Å². The summed E-state index contributed by atoms with van der Waals surface area (Å²) in [4.78, 5) is 11.4. The first-order valence-corrected chi connectivity index (χ1v) is 5.61. The van der Waals surface area contributed by atoms with Crippen molar-refractivity contribution in [3.8, 4) is 0 Å². The van der Waals surface area contributed by atoms with Crippen molar-refractivity contribution in [2.45, 2.75) is 32.1 Å². The lowest BCUT2D eigenvalue weighted by Gasteiger charge is -2.27. The van der Waals surface area contributed by atoms with Gasteiger partial charge in [-0.1, -0.05) is 19.3 Å². The van der Waals surface area contributed by atoms with Crippen molar-refractivity contribution in [2.75, 3.05) is 12.9 Å². The van der Waals surface area contributed by atoms with Crippen molar-refractivity contribution in [1.29, 1.82) is 0 Å². The van der Waals surface area contributed by atoms with E-state index in [9.17, 15) is 4.79 Å². The first-order valence-electron chi connectivity index (χ1n) is 4.98. The molecule has 3 heteroatoms. The van der Waals surface area contributed by atoms with Crippen LogP contribution >= 0.6 is 12.6 Å². The van der Waals surface area contributed by atoms with E-state index in [1.54, 1.807) is 0 Å². The van der Waals surface area contributed by atoms with E-state index in [2.05, 4.69) is 12.6 Å². The fraction of sp³-hybridized carbons (Fsp3) is 0.900. The molecule has 0 aromatic rings. The maximum atomic E-state index is 11.4. The third kappa shape index (κ3) is 2.90. The van der Waals surface area contributed by atoms with Gasteiger partial charge in [0.2, 0.25) is 0 Å². The van der Waals surface area contributed by atoms with Crippen molar-refractivity contribution in [3.05, 3.63) is 0 Å². The molecule has 76 valence electrons. The zero-order valence-corrected chi connectivity index (χ0v) is 9.06. The van der Waals surface area contributed by atoms with Crippen molar-refractivity contribution < 1.29 is 9.53 Å². The van der Waals surface area contributed by atoms with Gasteiger partial charge in [-0.15, -0.1) is 0 Å². The molecular weight excluding hydrogens is 184 g/mol. The van der Waals surface area contributed by atoms with Crippen LogP contribution in [0.2, 0.25) is 0 Å². The van der Waals surface area contributed by atoms with Crippen molar-refractivity contribution in [2.24, 2.45) is 11.8 Å². The van der Waals surface area contributed by atoms with E-state index >= 15 is 0 Å². The number of hydrogen-bond acceptors (Lipinski definition) is 3. The standard InChI is InChI=1S/C10H18O2S/c1-12-10(11)9(7-13)8-5-3-2-4-6-8/h8-9,13H,2-7H2,1H3. The van der Waals surface area contributed by atoms with E-state index in [0.717, 1.165) is 0 Å². The first-order chi connectivity index (χ1) is 6.29. The second-order valence-corrected chi connectivity index (χ2v) is 4.08. The largest absolute Gasteiger partial charge is 0.469 e. The van der Waals surface area contributed by atoms with Gasteiger partial charge < -0.3 is 4.74 Å². The summed E-state index contributed by atoms with van der Waals surface area (Å²) in [6.45, 7) is 0. The van der Waals surface area contributed by atoms with Crippen LogP contribution in [0, 0.1) is 11.8 Å². The fourth-order valence-electron chi connectivity index (χ4n) is 2.10. The van der Waals surface area contributed by atoms with Gasteiger partial charge in [-0.25, -0.2) is 0 Å². The normalized spacial score (nSPS) is 21.1. The molecule has 1 rings (SSSR count). The maximum Gasteiger partial charge on any atom is 0.309 e. The van der Waals surface area contributed by atoms with Crippen LogP contribution in [-0.4, -0.2) is 18.8 Å². The summed E-state index contributed by atoms with van der Waals surface area (Å²) in [6, 6.07) is 0. The number of thiol groups is 1. The molecule has 1 aliphatic carbocycles. The minimum Gasteiger partial charge on any atom is -0.469 e. The van der Waals surface area contributed by atoms with Gasteiger partial charge in [0, 0.05) is 5.75 Å². The summed E-state index contributed by atoms with van der Waals surface area (Å²) in [6.07, 6.45) is 6.16. The number of ether oxygens (including phenoxy) is 1. The molecule has 0 spiro atoms. The van der Waals surface area contributed by atoms with Crippen LogP contribution in [0.5, 0.6) is 0 Å². The molecular formula is C10H18O2S. The fourth-order valence-corrected chi connectivity index (χ4v) is 2.55. The molecule has 0 heterocycles. The van der Waals surface area contributed by atoms with Gasteiger partial charge in [0.05, 0.1) is 13.0 Å². The molecule has 0 bridgehead atoms. The Bertz CT molecular complexity index is 164. The zero-order chi connectivity index (χ0) is 9.68. The van der Waals surface area contributed by atoms with Gasteiger partial charge in [-0.05, 0) is 18.8 Å². The smallest absolute Gasteiger partial charge is 0.309 e. The van der Waals surface area contributed by atoms with Gasteiger partial charge >= 0.3 is 5.97 Å². The maximum absolute atomic E-state index is 11.4. The molecule has 0 aliphatic heterocycles. The van der Waals surface area contributed by atoms with Crippen LogP contribution in [0.15, 0.2) is 0 Å². The monoisotopic (exact) mass is 202 g/mol. The van der Waals surface area contributed by atoms with E-state index in [1.807, 2.05) is 0 Å². The van der Waals surface area contributed by atoms with Gasteiger partial charge in [0.1, 0.15) is 0 Å². The van der Waals surface area contributed by atoms with Crippen molar-refractivity contribution in [1.82, 2.24) is 0 Å². The number of carbonyl (C=O) groups excluding carboxylic acids is 1. The topological polar surface area (TPSA) is 26.3 Å². The molecule has 13 heavy (non-hydrogen) atoms. The van der Waals surface area contributed by atoms with Crippen molar-refractivity contribution in [3.63, 3.8) is 0 Å². The van der Waals surface area contributed by atoms with E-state index in [1.165, 1.54) is 39.2 Å². The van der Waals surface area contributed by atoms with E-state index in [4.69, 9.17) is 4.74 Å². The molecule has 0 aromatic carbocycles. The summed E-state index contributed by atoms with van der Waals surface area (Å²) < 4.78 is 4.77. The molecule has 1 unspecified atom stereocenters. The Hall–Kier alpha value is -0.180. The average molecular weight is 202 g/mol. The third-order valence-corrected chi connectivity index (χ3v) is 3.31. The number of esters is 1. The highest BCUT2D eigenvalue weighted by atomic mass is 32.1. The Morgan fingerprint density at radius 1 is 1.46 bits per heavy atom. The number of carbonyl (C=O) groups is 1. The predicted octanol–water partition coefficient (Wildman–Crippen LogP) is 2.29. The SMILES string of the molecule is COC(=O)C(CS)C1CCCCC1. The van der Waals surface area contributed by atoms with Crippen molar-refractivity contribution >= 4 is 18.6 Å². The number of methoxy groups -OCH3 is 1. The van der Waals surface area contributed by atoms with E-state index in [0.29, 0.717) is 11.7 Å². The Morgan fingerprint density at radius 2 is 2.08 bits per heavy atom. The van der Waals surface area contributed by atoms with Gasteiger partial charge in [0.25, 0.3) is 0 Å². The summed E-state index contributed by atoms with van der Waals surface area (Å²) >= 11 is 4.22. The lowest BCUT2D eigenvalue weighted by atomic mass is 9.81. The van der Waals surface area contributed by atoms with Crippen LogP contribution in [0.3, 0.4) is 0 Å². The van der Waals surface area contributed by atoms with Gasteiger partial charge in [-0.3, -0.25) is 4.79 Å². The Kier molecular flexibility index (Phi) is 4.64. The summed E-state index contributed by atoms with van der Waals surface area (Å²) in [5.41, 5.74) is 0. The Morgan fingerprint density at radius 3 is 2.54 bits per heavy atom. The van der Waals surface area contributed by atoms with Crippen LogP contribution in [-0.2, 0) is 9.53 Å². The molecule has 1 saturated carbocycles. The molecule has 0 N–H and O–H groups in total. The third-order valence-electron chi connectivity index (χ3n) is 2.92. The predicted molar refractivity (Wildman–Crippen MR) is 55.9 cm³/mol. The molecule has 0 radical (unpaired) electrons. The summed E-state index contributed by atoms with van der Waals surface area (Å²) in [7, 11) is 1.46. The highest BCUT2D eigenvalue weighted by Gasteiger charge is 2.28. The first kappa shape index (κ1) is 10.9. The van der Waals surface area contributed by atoms with Crippen LogP contribution in [0.1, 0.15) is 32.1 Å². The zero-order valence-electron chi connectivity index (χ0n) is 8.16. The lowest BCUT2D eigenvalue weighted by molar-refractivity contribution is -0.146. The molecule has 0 amide bonds. The minimum atomic E-state index is -0.0816. The molecule has 1 fully saturated rings. The molecule has 0 saturated heterocycles. The van der Waals surface area contributed by atoms with Crippen LogP contribution in [0.4, 0.5) is 0 Å². The minimum absolute atomic E-state index is 0.0219. The molecule has 2 nitrogen and oxygen atoms in total. The second kappa shape index (κ2) is 5.53. The second-order valence-electron chi connectivity index (χ2n) is 3.71. The highest BCUT2D eigenvalue weighted by molar-refractivity contribution is 7.80. The summed E-state index contributed by atoms with van der Waals surface area (Å²) in [5.74, 6) is 1.08. The lowest BCUT2D eigenvalue weighted by Crippen LogP contribution is -2.28. The molecule has 1 atom stereocenters. The van der Waals surface area contributed by atoms with E-state index < -0.39 is 0 Å². The quantitative estimate of drug-likeness (QED) is 0.561. The molecule has 0 aromatic heterocycles. The number of hydrogen-bond donors (Lipinski definition) is 1. The van der Waals surface area contributed by atoms with E-state index in [-0.39, 0.29) is 11.9 Å². The Labute approximate surface area is 85.4 Å². The van der Waals surface area contributed by atoms with Crippen LogP contribution in [0.25, 0.3) is 0 Å². The Balaban J connectivity index is 2.48.